The maximum atomic E-state index is 12.6. The van der Waals surface area contributed by atoms with Crippen molar-refractivity contribution in [1.29, 1.82) is 0 Å². The minimum absolute atomic E-state index is 0.233. The van der Waals surface area contributed by atoms with Gasteiger partial charge in [-0.05, 0) is 68.7 Å². The van der Waals surface area contributed by atoms with E-state index < -0.39 is 0 Å². The van der Waals surface area contributed by atoms with Crippen molar-refractivity contribution in [3.63, 3.8) is 0 Å². The molecule has 0 aromatic heterocycles. The van der Waals surface area contributed by atoms with Crippen LogP contribution in [-0.4, -0.2) is 79.6 Å². The smallest absolute Gasteiger partial charge is 0.317 e. The van der Waals surface area contributed by atoms with Gasteiger partial charge in [0.2, 0.25) is 0 Å². The van der Waals surface area contributed by atoms with Gasteiger partial charge in [0.15, 0.2) is 0 Å². The maximum Gasteiger partial charge on any atom is 0.317 e. The van der Waals surface area contributed by atoms with Gasteiger partial charge in [-0.1, -0.05) is 0 Å². The summed E-state index contributed by atoms with van der Waals surface area (Å²) >= 11 is 0. The van der Waals surface area contributed by atoms with Crippen LogP contribution < -0.4 is 5.32 Å². The molecule has 0 aromatic rings. The van der Waals surface area contributed by atoms with E-state index in [2.05, 4.69) is 27.1 Å². The lowest BCUT2D eigenvalue weighted by atomic mass is 9.96. The molecule has 0 radical (unpaired) electrons. The summed E-state index contributed by atoms with van der Waals surface area (Å²) in [6.07, 6.45) is 6.68. The molecule has 2 heterocycles. The first kappa shape index (κ1) is 16.4. The summed E-state index contributed by atoms with van der Waals surface area (Å²) in [7, 11) is 2.22. The fourth-order valence-electron chi connectivity index (χ4n) is 6.47. The van der Waals surface area contributed by atoms with Crippen LogP contribution in [0.4, 0.5) is 4.79 Å². The predicted molar refractivity (Wildman–Crippen MR) is 98.4 cm³/mol. The zero-order valence-electron chi connectivity index (χ0n) is 15.7. The van der Waals surface area contributed by atoms with Gasteiger partial charge in [0, 0.05) is 51.9 Å². The zero-order valence-corrected chi connectivity index (χ0v) is 15.7. The Bertz CT molecular complexity index is 494. The van der Waals surface area contributed by atoms with E-state index in [0.29, 0.717) is 6.04 Å². The van der Waals surface area contributed by atoms with Crippen molar-refractivity contribution in [3.05, 3.63) is 0 Å². The highest BCUT2D eigenvalue weighted by Gasteiger charge is 2.65. The Morgan fingerprint density at radius 1 is 0.920 bits per heavy atom. The minimum Gasteiger partial charge on any atom is -0.335 e. The third kappa shape index (κ3) is 3.08. The minimum atomic E-state index is 0.233. The lowest BCUT2D eigenvalue weighted by Gasteiger charge is -2.38. The molecule has 2 amide bonds. The number of nitrogens with zero attached hydrogens (tertiary/aromatic N) is 3. The summed E-state index contributed by atoms with van der Waals surface area (Å²) < 4.78 is 0. The fraction of sp³-hybridized carbons (Fsp3) is 0.950. The van der Waals surface area contributed by atoms with E-state index in [1.54, 1.807) is 0 Å². The van der Waals surface area contributed by atoms with Gasteiger partial charge in [-0.3, -0.25) is 0 Å². The highest BCUT2D eigenvalue weighted by Crippen LogP contribution is 2.65. The number of rotatable bonds is 3. The van der Waals surface area contributed by atoms with Crippen LogP contribution in [0.25, 0.3) is 0 Å². The number of fused-ring (bicyclic) bond motifs is 5. The van der Waals surface area contributed by atoms with E-state index in [0.717, 1.165) is 42.7 Å². The Hall–Kier alpha value is -0.810. The topological polar surface area (TPSA) is 38.8 Å². The highest BCUT2D eigenvalue weighted by molar-refractivity contribution is 5.75. The van der Waals surface area contributed by atoms with Gasteiger partial charge in [-0.15, -0.1) is 0 Å². The van der Waals surface area contributed by atoms with Crippen molar-refractivity contribution in [1.82, 2.24) is 20.0 Å². The molecule has 2 saturated heterocycles. The average Bonchev–Trinajstić information content (AvgIpc) is 3.00. The number of carbonyl (C=O) groups is 1. The predicted octanol–water partition coefficient (Wildman–Crippen LogP) is 1.70. The standard InChI is InChI=1S/C20H34N4O/c1-22-8-10-23(11-9-22)13-14-4-6-24(7-5-14)20(25)21-19-17-15-2-3-16(12-15)18(17)19/h14-19H,2-13H2,1H3,(H,21,25)/t15-,16-,17-,18-/m0/s1. The zero-order chi connectivity index (χ0) is 17.0. The lowest BCUT2D eigenvalue weighted by Crippen LogP contribution is -2.49. The second-order valence-electron chi connectivity index (χ2n) is 9.50. The van der Waals surface area contributed by atoms with E-state index in [1.165, 1.54) is 64.8 Å². The third-order valence-electron chi connectivity index (χ3n) is 8.04. The molecule has 0 spiro atoms. The summed E-state index contributed by atoms with van der Waals surface area (Å²) in [4.78, 5) is 19.8. The molecule has 5 nitrogen and oxygen atoms in total. The molecule has 140 valence electrons. The largest absolute Gasteiger partial charge is 0.335 e. The third-order valence-corrected chi connectivity index (χ3v) is 8.04. The average molecular weight is 347 g/mol. The van der Waals surface area contributed by atoms with Crippen molar-refractivity contribution < 1.29 is 4.79 Å². The van der Waals surface area contributed by atoms with Crippen molar-refractivity contribution in [2.24, 2.45) is 29.6 Å². The van der Waals surface area contributed by atoms with Crippen LogP contribution in [0, 0.1) is 29.6 Å². The van der Waals surface area contributed by atoms with E-state index in [9.17, 15) is 4.79 Å². The Morgan fingerprint density at radius 3 is 2.20 bits per heavy atom. The van der Waals surface area contributed by atoms with Gasteiger partial charge in [-0.2, -0.15) is 0 Å². The first-order valence-electron chi connectivity index (χ1n) is 10.7. The van der Waals surface area contributed by atoms with Crippen LogP contribution in [0.5, 0.6) is 0 Å². The highest BCUT2D eigenvalue weighted by atomic mass is 16.2. The number of piperidine rings is 1. The van der Waals surface area contributed by atoms with E-state index >= 15 is 0 Å². The number of likely N-dealkylation sites (N-methyl/N-ethyl adjacent to an activating group) is 1. The van der Waals surface area contributed by atoms with Gasteiger partial charge in [0.05, 0.1) is 0 Å². The van der Waals surface area contributed by atoms with Crippen molar-refractivity contribution in [2.75, 3.05) is 52.9 Å². The molecule has 25 heavy (non-hydrogen) atoms. The van der Waals surface area contributed by atoms with Crippen molar-refractivity contribution in [2.45, 2.75) is 38.1 Å². The first-order chi connectivity index (χ1) is 12.2. The van der Waals surface area contributed by atoms with Crippen LogP contribution in [0.3, 0.4) is 0 Å². The number of nitrogens with one attached hydrogen (secondary N) is 1. The summed E-state index contributed by atoms with van der Waals surface area (Å²) in [6, 6.07) is 0.763. The molecular weight excluding hydrogens is 312 g/mol. The Morgan fingerprint density at radius 2 is 1.56 bits per heavy atom. The molecule has 3 saturated carbocycles. The second-order valence-corrected chi connectivity index (χ2v) is 9.50. The Kier molecular flexibility index (Phi) is 4.20. The maximum absolute atomic E-state index is 12.6. The molecule has 3 aliphatic carbocycles. The molecule has 5 heteroatoms. The first-order valence-corrected chi connectivity index (χ1v) is 10.7. The van der Waals surface area contributed by atoms with Crippen molar-refractivity contribution in [3.8, 4) is 0 Å². The molecule has 4 atom stereocenters. The second kappa shape index (κ2) is 6.41. The van der Waals surface area contributed by atoms with Gasteiger partial charge < -0.3 is 20.0 Å². The molecular formula is C20H34N4O. The van der Waals surface area contributed by atoms with E-state index in [-0.39, 0.29) is 6.03 Å². The summed E-state index contributed by atoms with van der Waals surface area (Å²) in [5.74, 6) is 4.35. The molecule has 0 unspecified atom stereocenters. The lowest BCUT2D eigenvalue weighted by molar-refractivity contribution is 0.110. The molecule has 5 aliphatic rings. The number of hydrogen-bond acceptors (Lipinski definition) is 3. The number of piperazine rings is 1. The quantitative estimate of drug-likeness (QED) is 0.845. The van der Waals surface area contributed by atoms with Crippen LogP contribution in [0.2, 0.25) is 0 Å². The van der Waals surface area contributed by atoms with Crippen LogP contribution >= 0.6 is 0 Å². The summed E-state index contributed by atoms with van der Waals surface area (Å²) in [6.45, 7) is 7.98. The van der Waals surface area contributed by atoms with Gasteiger partial charge in [0.1, 0.15) is 0 Å². The number of urea groups is 1. The van der Waals surface area contributed by atoms with E-state index in [4.69, 9.17) is 0 Å². The Labute approximate surface area is 152 Å². The summed E-state index contributed by atoms with van der Waals surface area (Å²) in [5, 5.41) is 3.40. The monoisotopic (exact) mass is 346 g/mol. The van der Waals surface area contributed by atoms with E-state index in [1.807, 2.05) is 0 Å². The number of hydrogen-bond donors (Lipinski definition) is 1. The van der Waals surface area contributed by atoms with Gasteiger partial charge in [-0.25, -0.2) is 4.79 Å². The molecule has 5 fully saturated rings. The molecule has 1 N–H and O–H groups in total. The van der Waals surface area contributed by atoms with Crippen molar-refractivity contribution >= 4 is 6.03 Å². The SMILES string of the molecule is CN1CCN(CC2CCN(C(=O)NC3[C@H]4[C@H]5CC[C@@H](C5)[C@H]34)CC2)CC1. The molecule has 2 bridgehead atoms. The Balaban J connectivity index is 1.05. The summed E-state index contributed by atoms with van der Waals surface area (Å²) in [5.41, 5.74) is 0. The van der Waals surface area contributed by atoms with Crippen LogP contribution in [-0.2, 0) is 0 Å². The number of amides is 2. The normalized spacial score (nSPS) is 41.8. The number of likely N-dealkylation sites (tertiary alicyclic amines) is 1. The van der Waals surface area contributed by atoms with Gasteiger partial charge in [0.25, 0.3) is 0 Å². The van der Waals surface area contributed by atoms with Crippen LogP contribution in [0.15, 0.2) is 0 Å². The molecule has 5 rings (SSSR count). The fourth-order valence-corrected chi connectivity index (χ4v) is 6.47. The number of carbonyl (C=O) groups excluding carboxylic acids is 1. The molecule has 0 aromatic carbocycles. The van der Waals surface area contributed by atoms with Gasteiger partial charge >= 0.3 is 6.03 Å². The van der Waals surface area contributed by atoms with Crippen LogP contribution in [0.1, 0.15) is 32.1 Å². The molecule has 2 aliphatic heterocycles.